The number of carbonyl (C=O) groups is 1. The maximum absolute atomic E-state index is 12.2. The highest BCUT2D eigenvalue weighted by molar-refractivity contribution is 9.10. The molecule has 0 aromatic carbocycles. The van der Waals surface area contributed by atoms with Crippen molar-refractivity contribution in [1.29, 1.82) is 0 Å². The molecular weight excluding hydrogens is 294 g/mol. The maximum Gasteiger partial charge on any atom is 0.251 e. The average Bonchev–Trinajstić information content (AvgIpc) is 2.94. The van der Waals surface area contributed by atoms with Crippen LogP contribution in [0.3, 0.4) is 0 Å². The molecule has 3 rings (SSSR count). The lowest BCUT2D eigenvalue weighted by Crippen LogP contribution is -2.42. The zero-order valence-electron chi connectivity index (χ0n) is 10.1. The van der Waals surface area contributed by atoms with E-state index in [1.54, 1.807) is 18.3 Å². The van der Waals surface area contributed by atoms with E-state index in [2.05, 4.69) is 31.1 Å². The lowest BCUT2D eigenvalue weighted by atomic mass is 10.1. The van der Waals surface area contributed by atoms with Gasteiger partial charge in [0.05, 0.1) is 0 Å². The summed E-state index contributed by atoms with van der Waals surface area (Å²) < 4.78 is 0.698. The Morgan fingerprint density at radius 1 is 1.44 bits per heavy atom. The third kappa shape index (κ3) is 2.29. The summed E-state index contributed by atoms with van der Waals surface area (Å²) in [5, 5.41) is 3.16. The van der Waals surface area contributed by atoms with Crippen molar-refractivity contribution in [1.82, 2.24) is 15.2 Å². The first kappa shape index (κ1) is 12.1. The highest BCUT2D eigenvalue weighted by atomic mass is 79.9. The predicted molar refractivity (Wildman–Crippen MR) is 72.4 cm³/mol. The third-order valence-electron chi connectivity index (χ3n) is 3.91. The smallest absolute Gasteiger partial charge is 0.251 e. The molecule has 4 nitrogen and oxygen atoms in total. The lowest BCUT2D eigenvalue weighted by molar-refractivity contribution is 0.0929. The second-order valence-electron chi connectivity index (χ2n) is 4.98. The van der Waals surface area contributed by atoms with E-state index in [0.717, 1.165) is 13.0 Å². The van der Waals surface area contributed by atoms with Gasteiger partial charge in [-0.1, -0.05) is 0 Å². The number of hydrogen-bond acceptors (Lipinski definition) is 3. The van der Waals surface area contributed by atoms with Gasteiger partial charge in [-0.15, -0.1) is 0 Å². The number of halogens is 1. The number of nitrogens with zero attached hydrogens (tertiary/aromatic N) is 2. The summed E-state index contributed by atoms with van der Waals surface area (Å²) in [6.07, 6.45) is 5.20. The van der Waals surface area contributed by atoms with Gasteiger partial charge in [-0.25, -0.2) is 4.98 Å². The molecular formula is C13H16BrN3O. The van der Waals surface area contributed by atoms with Gasteiger partial charge in [0.15, 0.2) is 0 Å². The Morgan fingerprint density at radius 3 is 3.17 bits per heavy atom. The van der Waals surface area contributed by atoms with Crippen molar-refractivity contribution in [3.8, 4) is 0 Å². The predicted octanol–water partition coefficient (Wildman–Crippen LogP) is 1.81. The first-order valence-corrected chi connectivity index (χ1v) is 7.20. The summed E-state index contributed by atoms with van der Waals surface area (Å²) in [4.78, 5) is 18.7. The number of pyridine rings is 1. The molecule has 1 aromatic rings. The van der Waals surface area contributed by atoms with Gasteiger partial charge in [-0.05, 0) is 53.9 Å². The Kier molecular flexibility index (Phi) is 3.35. The van der Waals surface area contributed by atoms with E-state index >= 15 is 0 Å². The van der Waals surface area contributed by atoms with Crippen LogP contribution in [0.4, 0.5) is 0 Å². The van der Waals surface area contributed by atoms with Gasteiger partial charge in [0.25, 0.3) is 5.91 Å². The molecule has 18 heavy (non-hydrogen) atoms. The summed E-state index contributed by atoms with van der Waals surface area (Å²) in [5.74, 6) is 0.0110. The van der Waals surface area contributed by atoms with Crippen LogP contribution in [0.1, 0.15) is 29.6 Å². The van der Waals surface area contributed by atoms with Crippen LogP contribution >= 0.6 is 15.9 Å². The fourth-order valence-electron chi connectivity index (χ4n) is 3.05. The second kappa shape index (κ2) is 4.97. The Hall–Kier alpha value is -0.940. The molecule has 2 atom stereocenters. The molecule has 5 heteroatoms. The molecule has 0 radical (unpaired) electrons. The molecule has 0 saturated carbocycles. The van der Waals surface area contributed by atoms with Crippen LogP contribution in [0.2, 0.25) is 0 Å². The fourth-order valence-corrected chi connectivity index (χ4v) is 3.41. The third-order valence-corrected chi connectivity index (χ3v) is 4.34. The lowest BCUT2D eigenvalue weighted by Gasteiger charge is -2.21. The van der Waals surface area contributed by atoms with Crippen LogP contribution in [0.15, 0.2) is 22.9 Å². The van der Waals surface area contributed by atoms with Crippen molar-refractivity contribution < 1.29 is 4.79 Å². The van der Waals surface area contributed by atoms with E-state index in [1.807, 2.05) is 0 Å². The quantitative estimate of drug-likeness (QED) is 0.848. The SMILES string of the molecule is O=C(NC1CCN2CCCC12)c1ccnc(Br)c1. The van der Waals surface area contributed by atoms with Crippen LogP contribution in [0.25, 0.3) is 0 Å². The van der Waals surface area contributed by atoms with Gasteiger partial charge in [-0.3, -0.25) is 9.69 Å². The molecule has 3 heterocycles. The molecule has 0 aliphatic carbocycles. The molecule has 2 unspecified atom stereocenters. The minimum absolute atomic E-state index is 0.0110. The van der Waals surface area contributed by atoms with Crippen LogP contribution in [0.5, 0.6) is 0 Å². The number of carbonyl (C=O) groups excluding carboxylic acids is 1. The summed E-state index contributed by atoms with van der Waals surface area (Å²) >= 11 is 3.29. The van der Waals surface area contributed by atoms with Gasteiger partial charge < -0.3 is 5.32 Å². The van der Waals surface area contributed by atoms with Crippen molar-refractivity contribution in [3.05, 3.63) is 28.5 Å². The first-order valence-electron chi connectivity index (χ1n) is 6.40. The van der Waals surface area contributed by atoms with Gasteiger partial charge in [0.2, 0.25) is 0 Å². The summed E-state index contributed by atoms with van der Waals surface area (Å²) in [6.45, 7) is 2.31. The monoisotopic (exact) mass is 309 g/mol. The summed E-state index contributed by atoms with van der Waals surface area (Å²) in [5.41, 5.74) is 0.674. The van der Waals surface area contributed by atoms with Crippen LogP contribution < -0.4 is 5.32 Å². The zero-order chi connectivity index (χ0) is 12.5. The largest absolute Gasteiger partial charge is 0.348 e. The standard InChI is InChI=1S/C13H16BrN3O/c14-12-8-9(3-5-15-12)13(18)16-10-4-7-17-6-1-2-11(10)17/h3,5,8,10-11H,1-2,4,6-7H2,(H,16,18). The molecule has 1 N–H and O–H groups in total. The number of rotatable bonds is 2. The number of aromatic nitrogens is 1. The maximum atomic E-state index is 12.2. The second-order valence-corrected chi connectivity index (χ2v) is 5.79. The molecule has 2 fully saturated rings. The number of fused-ring (bicyclic) bond motifs is 1. The molecule has 1 aromatic heterocycles. The Labute approximate surface area is 115 Å². The molecule has 2 aliphatic heterocycles. The first-order chi connectivity index (χ1) is 8.74. The van der Waals surface area contributed by atoms with E-state index in [-0.39, 0.29) is 5.91 Å². The van der Waals surface area contributed by atoms with E-state index in [0.29, 0.717) is 22.3 Å². The highest BCUT2D eigenvalue weighted by Crippen LogP contribution is 2.28. The highest BCUT2D eigenvalue weighted by Gasteiger charge is 2.37. The molecule has 0 spiro atoms. The molecule has 0 bridgehead atoms. The van der Waals surface area contributed by atoms with Crippen molar-refractivity contribution in [3.63, 3.8) is 0 Å². The summed E-state index contributed by atoms with van der Waals surface area (Å²) in [6, 6.07) is 4.38. The molecule has 2 saturated heterocycles. The van der Waals surface area contributed by atoms with Crippen LogP contribution in [0, 0.1) is 0 Å². The van der Waals surface area contributed by atoms with Gasteiger partial charge in [0, 0.05) is 30.4 Å². The molecule has 96 valence electrons. The number of amides is 1. The van der Waals surface area contributed by atoms with Crippen molar-refractivity contribution in [2.24, 2.45) is 0 Å². The van der Waals surface area contributed by atoms with E-state index in [1.165, 1.54) is 19.4 Å². The Balaban J connectivity index is 1.68. The van der Waals surface area contributed by atoms with Crippen LogP contribution in [-0.2, 0) is 0 Å². The minimum atomic E-state index is 0.0110. The summed E-state index contributed by atoms with van der Waals surface area (Å²) in [7, 11) is 0. The average molecular weight is 310 g/mol. The van der Waals surface area contributed by atoms with Crippen LogP contribution in [-0.4, -0.2) is 41.0 Å². The Bertz CT molecular complexity index is 465. The minimum Gasteiger partial charge on any atom is -0.348 e. The number of hydrogen-bond donors (Lipinski definition) is 1. The fraction of sp³-hybridized carbons (Fsp3) is 0.538. The topological polar surface area (TPSA) is 45.2 Å². The zero-order valence-corrected chi connectivity index (χ0v) is 11.7. The van der Waals surface area contributed by atoms with E-state index < -0.39 is 0 Å². The van der Waals surface area contributed by atoms with Crippen molar-refractivity contribution in [2.75, 3.05) is 13.1 Å². The Morgan fingerprint density at radius 2 is 2.33 bits per heavy atom. The van der Waals surface area contributed by atoms with Crippen molar-refractivity contribution in [2.45, 2.75) is 31.3 Å². The van der Waals surface area contributed by atoms with Crippen molar-refractivity contribution >= 4 is 21.8 Å². The van der Waals surface area contributed by atoms with Gasteiger partial charge in [-0.2, -0.15) is 0 Å². The van der Waals surface area contributed by atoms with Gasteiger partial charge in [0.1, 0.15) is 4.60 Å². The molecule has 1 amide bonds. The normalized spacial score (nSPS) is 27.2. The van der Waals surface area contributed by atoms with E-state index in [9.17, 15) is 4.79 Å². The van der Waals surface area contributed by atoms with Gasteiger partial charge >= 0.3 is 0 Å². The number of nitrogens with one attached hydrogen (secondary N) is 1. The van der Waals surface area contributed by atoms with E-state index in [4.69, 9.17) is 0 Å². The molecule has 2 aliphatic rings.